The molecule has 0 bridgehead atoms. The van der Waals surface area contributed by atoms with E-state index in [1.54, 1.807) is 12.5 Å². The molecular weight excluding hydrogens is 424 g/mol. The summed E-state index contributed by atoms with van der Waals surface area (Å²) in [5.74, 6) is -0.498. The zero-order valence-corrected chi connectivity index (χ0v) is 19.1. The predicted octanol–water partition coefficient (Wildman–Crippen LogP) is 3.69. The van der Waals surface area contributed by atoms with Crippen LogP contribution < -0.4 is 5.73 Å². The van der Waals surface area contributed by atoms with Crippen molar-refractivity contribution in [2.75, 3.05) is 6.54 Å². The fourth-order valence-corrected chi connectivity index (χ4v) is 5.11. The number of nitrogens with two attached hydrogens (primary N) is 1. The monoisotopic (exact) mass is 454 g/mol. The molecule has 1 heterocycles. The lowest BCUT2D eigenvalue weighted by atomic mass is 10.0. The van der Waals surface area contributed by atoms with E-state index in [-0.39, 0.29) is 17.4 Å². The van der Waals surface area contributed by atoms with Crippen LogP contribution in [-0.2, 0) is 21.4 Å². The number of primary amides is 1. The molecule has 0 saturated heterocycles. The van der Waals surface area contributed by atoms with Crippen LogP contribution in [0.2, 0.25) is 5.02 Å². The van der Waals surface area contributed by atoms with Crippen molar-refractivity contribution in [3.05, 3.63) is 48.0 Å². The van der Waals surface area contributed by atoms with E-state index in [2.05, 4.69) is 4.98 Å². The van der Waals surface area contributed by atoms with E-state index in [9.17, 15) is 13.2 Å². The Balaban J connectivity index is 2.08. The van der Waals surface area contributed by atoms with Gasteiger partial charge in [0.1, 0.15) is 6.04 Å². The molecule has 9 heteroatoms. The summed E-state index contributed by atoms with van der Waals surface area (Å²) in [6.07, 6.45) is 9.27. The largest absolute Gasteiger partial charge is 0.368 e. The van der Waals surface area contributed by atoms with Gasteiger partial charge in [0.05, 0.1) is 11.2 Å². The maximum absolute atomic E-state index is 13.3. The first-order valence-electron chi connectivity index (χ1n) is 10.2. The molecule has 0 aliphatic rings. The van der Waals surface area contributed by atoms with Crippen molar-refractivity contribution in [3.8, 4) is 0 Å². The van der Waals surface area contributed by atoms with Crippen molar-refractivity contribution >= 4 is 27.5 Å². The number of hydrogen-bond acceptors (Lipinski definition) is 4. The van der Waals surface area contributed by atoms with E-state index in [4.69, 9.17) is 17.3 Å². The average Bonchev–Trinajstić information content (AvgIpc) is 3.19. The Morgan fingerprint density at radius 2 is 1.83 bits per heavy atom. The Morgan fingerprint density at radius 3 is 2.40 bits per heavy atom. The van der Waals surface area contributed by atoms with Crippen molar-refractivity contribution in [1.82, 2.24) is 13.9 Å². The molecule has 166 valence electrons. The number of aryl methyl sites for hydroxylation is 1. The maximum Gasteiger partial charge on any atom is 0.243 e. The second-order valence-corrected chi connectivity index (χ2v) is 10.2. The fourth-order valence-electron chi connectivity index (χ4n) is 3.34. The van der Waals surface area contributed by atoms with Gasteiger partial charge in [-0.2, -0.15) is 4.31 Å². The number of hydrogen-bond donors (Lipinski definition) is 1. The molecule has 2 aromatic rings. The molecule has 1 amide bonds. The molecule has 2 N–H and O–H groups in total. The standard InChI is InChI=1S/C21H31ClN4O3S/c1-17(2)15-20(21(23)27)26(30(28,29)19-9-7-18(22)8-10-19)13-6-4-3-5-12-25-14-11-24-16-25/h7-11,14,16-17,20H,3-6,12-13,15H2,1-2H3,(H2,23,27)/t20-/m1/s1. The molecule has 0 aliphatic carbocycles. The number of nitrogens with zero attached hydrogens (tertiary/aromatic N) is 3. The van der Waals surface area contributed by atoms with Crippen molar-refractivity contribution in [3.63, 3.8) is 0 Å². The van der Waals surface area contributed by atoms with Crippen LogP contribution in [-0.4, -0.2) is 40.8 Å². The van der Waals surface area contributed by atoms with Crippen LogP contribution in [0.5, 0.6) is 0 Å². The summed E-state index contributed by atoms with van der Waals surface area (Å²) in [5, 5.41) is 0.451. The second-order valence-electron chi connectivity index (χ2n) is 7.83. The summed E-state index contributed by atoms with van der Waals surface area (Å²) >= 11 is 5.90. The van der Waals surface area contributed by atoms with E-state index in [0.29, 0.717) is 17.9 Å². The van der Waals surface area contributed by atoms with E-state index in [1.807, 2.05) is 24.6 Å². The van der Waals surface area contributed by atoms with Gasteiger partial charge in [-0.05, 0) is 49.4 Å². The lowest BCUT2D eigenvalue weighted by molar-refractivity contribution is -0.122. The zero-order valence-electron chi connectivity index (χ0n) is 17.6. The van der Waals surface area contributed by atoms with Crippen LogP contribution in [0, 0.1) is 5.92 Å². The van der Waals surface area contributed by atoms with Crippen LogP contribution in [0.4, 0.5) is 0 Å². The number of halogens is 1. The van der Waals surface area contributed by atoms with Gasteiger partial charge in [-0.1, -0.05) is 38.3 Å². The number of amides is 1. The second kappa shape index (κ2) is 11.5. The summed E-state index contributed by atoms with van der Waals surface area (Å²) in [6, 6.07) is 5.11. The molecule has 0 spiro atoms. The Kier molecular flexibility index (Phi) is 9.33. The zero-order chi connectivity index (χ0) is 22.1. The Hall–Kier alpha value is -1.90. The number of rotatable bonds is 13. The third-order valence-corrected chi connectivity index (χ3v) is 7.07. The van der Waals surface area contributed by atoms with Crippen molar-refractivity contribution < 1.29 is 13.2 Å². The fraction of sp³-hybridized carbons (Fsp3) is 0.524. The number of benzene rings is 1. The molecule has 0 unspecified atom stereocenters. The van der Waals surface area contributed by atoms with Gasteiger partial charge in [0, 0.05) is 30.5 Å². The first kappa shape index (κ1) is 24.4. The van der Waals surface area contributed by atoms with Crippen molar-refractivity contribution in [1.29, 1.82) is 0 Å². The van der Waals surface area contributed by atoms with Gasteiger partial charge in [-0.25, -0.2) is 13.4 Å². The van der Waals surface area contributed by atoms with E-state index >= 15 is 0 Å². The molecule has 1 atom stereocenters. The minimum Gasteiger partial charge on any atom is -0.368 e. The van der Waals surface area contributed by atoms with Gasteiger partial charge in [-0.15, -0.1) is 0 Å². The minimum absolute atomic E-state index is 0.113. The summed E-state index contributed by atoms with van der Waals surface area (Å²) < 4.78 is 29.9. The van der Waals surface area contributed by atoms with Crippen LogP contribution >= 0.6 is 11.6 Å². The summed E-state index contributed by atoms with van der Waals surface area (Å²) in [6.45, 7) is 5.01. The summed E-state index contributed by atoms with van der Waals surface area (Å²) in [4.78, 5) is 16.3. The highest BCUT2D eigenvalue weighted by atomic mass is 35.5. The Labute approximate surface area is 184 Å². The number of imidazole rings is 1. The first-order valence-corrected chi connectivity index (χ1v) is 12.1. The van der Waals surface area contributed by atoms with E-state index < -0.39 is 22.0 Å². The quantitative estimate of drug-likeness (QED) is 0.466. The molecule has 0 radical (unpaired) electrons. The smallest absolute Gasteiger partial charge is 0.243 e. The highest BCUT2D eigenvalue weighted by molar-refractivity contribution is 7.89. The molecule has 0 saturated carbocycles. The van der Waals surface area contributed by atoms with Crippen molar-refractivity contribution in [2.45, 2.75) is 63.4 Å². The van der Waals surface area contributed by atoms with E-state index in [1.165, 1.54) is 28.6 Å². The number of carbonyl (C=O) groups is 1. The molecule has 30 heavy (non-hydrogen) atoms. The SMILES string of the molecule is CC(C)C[C@H](C(N)=O)N(CCCCCCn1ccnc1)S(=O)(=O)c1ccc(Cl)cc1. The van der Waals surface area contributed by atoms with Crippen LogP contribution in [0.3, 0.4) is 0 Å². The Bertz CT molecular complexity index is 883. The number of unbranched alkanes of at least 4 members (excludes halogenated alkanes) is 3. The highest BCUT2D eigenvalue weighted by Crippen LogP contribution is 2.24. The first-order chi connectivity index (χ1) is 14.2. The van der Waals surface area contributed by atoms with Crippen molar-refractivity contribution in [2.24, 2.45) is 11.7 Å². The Morgan fingerprint density at radius 1 is 1.17 bits per heavy atom. The van der Waals surface area contributed by atoms with Gasteiger partial charge in [-0.3, -0.25) is 4.79 Å². The molecular formula is C21H31ClN4O3S. The van der Waals surface area contributed by atoms with E-state index in [0.717, 1.165) is 25.8 Å². The van der Waals surface area contributed by atoms with Crippen LogP contribution in [0.1, 0.15) is 46.0 Å². The summed E-state index contributed by atoms with van der Waals surface area (Å²) in [5.41, 5.74) is 5.62. The lowest BCUT2D eigenvalue weighted by Gasteiger charge is -2.30. The molecule has 2 rings (SSSR count). The number of carbonyl (C=O) groups excluding carboxylic acids is 1. The maximum atomic E-state index is 13.3. The highest BCUT2D eigenvalue weighted by Gasteiger charge is 2.34. The molecule has 0 aliphatic heterocycles. The van der Waals surface area contributed by atoms with Gasteiger partial charge >= 0.3 is 0 Å². The van der Waals surface area contributed by atoms with Crippen LogP contribution in [0.25, 0.3) is 0 Å². The molecule has 0 fully saturated rings. The van der Waals surface area contributed by atoms with Crippen LogP contribution in [0.15, 0.2) is 47.9 Å². The minimum atomic E-state index is -3.87. The van der Waals surface area contributed by atoms with Gasteiger partial charge in [0.2, 0.25) is 15.9 Å². The third kappa shape index (κ3) is 7.11. The summed E-state index contributed by atoms with van der Waals surface area (Å²) in [7, 11) is -3.87. The average molecular weight is 455 g/mol. The predicted molar refractivity (Wildman–Crippen MR) is 118 cm³/mol. The normalized spacial score (nSPS) is 13.1. The third-order valence-electron chi connectivity index (χ3n) is 4.89. The van der Waals surface area contributed by atoms with Gasteiger partial charge < -0.3 is 10.3 Å². The van der Waals surface area contributed by atoms with Gasteiger partial charge in [0.25, 0.3) is 0 Å². The topological polar surface area (TPSA) is 98.3 Å². The van der Waals surface area contributed by atoms with Gasteiger partial charge in [0.15, 0.2) is 0 Å². The lowest BCUT2D eigenvalue weighted by Crippen LogP contribution is -2.48. The number of aromatic nitrogens is 2. The molecule has 1 aromatic heterocycles. The number of sulfonamides is 1. The molecule has 7 nitrogen and oxygen atoms in total. The molecule has 1 aromatic carbocycles.